The predicted molar refractivity (Wildman–Crippen MR) is 88.7 cm³/mol. The van der Waals surface area contributed by atoms with Gasteiger partial charge in [-0.25, -0.2) is 9.97 Å². The summed E-state index contributed by atoms with van der Waals surface area (Å²) in [5.41, 5.74) is 2.87. The number of hydrogen-bond donors (Lipinski definition) is 1. The van der Waals surface area contributed by atoms with Crippen molar-refractivity contribution in [3.63, 3.8) is 0 Å². The number of amides is 1. The Bertz CT molecular complexity index is 888. The van der Waals surface area contributed by atoms with Crippen LogP contribution in [0.3, 0.4) is 0 Å². The first-order valence-corrected chi connectivity index (χ1v) is 7.95. The normalized spacial score (nSPS) is 13.5. The summed E-state index contributed by atoms with van der Waals surface area (Å²) in [6, 6.07) is 11.4. The second-order valence-electron chi connectivity index (χ2n) is 5.17. The molecule has 0 bridgehead atoms. The van der Waals surface area contributed by atoms with Crippen LogP contribution in [0.25, 0.3) is 22.8 Å². The Morgan fingerprint density at radius 1 is 1.13 bits per heavy atom. The molecule has 114 valence electrons. The maximum absolute atomic E-state index is 11.8. The SMILES string of the molecule is O=C1NCCn2nc(-c3ccnc(-c4ccc(Br)cc4)n3)cc21. The number of benzene rings is 1. The van der Waals surface area contributed by atoms with Crippen LogP contribution in [-0.2, 0) is 6.54 Å². The van der Waals surface area contributed by atoms with E-state index in [1.807, 2.05) is 24.3 Å². The van der Waals surface area contributed by atoms with Crippen molar-refractivity contribution in [2.24, 2.45) is 0 Å². The minimum atomic E-state index is -0.0998. The molecule has 1 aliphatic rings. The van der Waals surface area contributed by atoms with Crippen LogP contribution in [0.1, 0.15) is 10.5 Å². The molecule has 1 N–H and O–H groups in total. The van der Waals surface area contributed by atoms with Gasteiger partial charge in [0.05, 0.1) is 12.2 Å². The lowest BCUT2D eigenvalue weighted by Crippen LogP contribution is -2.35. The van der Waals surface area contributed by atoms with Gasteiger partial charge in [-0.3, -0.25) is 9.48 Å². The third kappa shape index (κ3) is 2.63. The van der Waals surface area contributed by atoms with Crippen LogP contribution in [0.4, 0.5) is 0 Å². The molecule has 1 aromatic carbocycles. The second kappa shape index (κ2) is 5.58. The highest BCUT2D eigenvalue weighted by atomic mass is 79.9. The van der Waals surface area contributed by atoms with Crippen molar-refractivity contribution in [2.75, 3.05) is 6.54 Å². The number of nitrogens with zero attached hydrogens (tertiary/aromatic N) is 4. The molecule has 6 nitrogen and oxygen atoms in total. The van der Waals surface area contributed by atoms with Crippen molar-refractivity contribution >= 4 is 21.8 Å². The maximum atomic E-state index is 11.8. The van der Waals surface area contributed by atoms with Crippen molar-refractivity contribution in [2.45, 2.75) is 6.54 Å². The molecule has 4 rings (SSSR count). The van der Waals surface area contributed by atoms with Crippen LogP contribution < -0.4 is 5.32 Å². The zero-order valence-electron chi connectivity index (χ0n) is 12.0. The topological polar surface area (TPSA) is 72.7 Å². The molecule has 0 unspecified atom stereocenters. The number of fused-ring (bicyclic) bond motifs is 1. The third-order valence-corrected chi connectivity index (χ3v) is 4.17. The summed E-state index contributed by atoms with van der Waals surface area (Å²) < 4.78 is 2.72. The summed E-state index contributed by atoms with van der Waals surface area (Å²) in [5.74, 6) is 0.530. The Labute approximate surface area is 140 Å². The molecule has 23 heavy (non-hydrogen) atoms. The van der Waals surface area contributed by atoms with Crippen molar-refractivity contribution in [3.8, 4) is 22.8 Å². The average Bonchev–Trinajstić information content (AvgIpc) is 3.01. The standard InChI is InChI=1S/C16H12BrN5O/c17-11-3-1-10(2-4-11)15-18-6-5-12(20-15)13-9-14-16(23)19-7-8-22(14)21-13/h1-6,9H,7-8H2,(H,19,23). The van der Waals surface area contributed by atoms with Gasteiger partial charge < -0.3 is 5.32 Å². The lowest BCUT2D eigenvalue weighted by Gasteiger charge is -2.13. The molecule has 0 fully saturated rings. The smallest absolute Gasteiger partial charge is 0.269 e. The van der Waals surface area contributed by atoms with Gasteiger partial charge >= 0.3 is 0 Å². The molecule has 3 aromatic rings. The molecule has 7 heteroatoms. The van der Waals surface area contributed by atoms with Gasteiger partial charge in [-0.1, -0.05) is 28.1 Å². The summed E-state index contributed by atoms with van der Waals surface area (Å²) in [6.07, 6.45) is 1.71. The number of halogens is 1. The first-order valence-electron chi connectivity index (χ1n) is 7.16. The second-order valence-corrected chi connectivity index (χ2v) is 6.08. The average molecular weight is 370 g/mol. The number of rotatable bonds is 2. The van der Waals surface area contributed by atoms with Gasteiger partial charge in [0.2, 0.25) is 0 Å². The van der Waals surface area contributed by atoms with Gasteiger partial charge in [-0.2, -0.15) is 5.10 Å². The third-order valence-electron chi connectivity index (χ3n) is 3.64. The van der Waals surface area contributed by atoms with Gasteiger partial charge in [-0.15, -0.1) is 0 Å². The molecule has 1 amide bonds. The molecule has 0 aliphatic carbocycles. The monoisotopic (exact) mass is 369 g/mol. The largest absolute Gasteiger partial charge is 0.349 e. The lowest BCUT2D eigenvalue weighted by molar-refractivity contribution is 0.0924. The summed E-state index contributed by atoms with van der Waals surface area (Å²) in [7, 11) is 0. The number of aromatic nitrogens is 4. The molecule has 0 spiro atoms. The molecular weight excluding hydrogens is 358 g/mol. The van der Waals surface area contributed by atoms with Crippen molar-refractivity contribution < 1.29 is 4.79 Å². The molecule has 3 heterocycles. The Morgan fingerprint density at radius 2 is 1.96 bits per heavy atom. The van der Waals surface area contributed by atoms with E-state index in [0.717, 1.165) is 10.0 Å². The highest BCUT2D eigenvalue weighted by Gasteiger charge is 2.20. The number of hydrogen-bond acceptors (Lipinski definition) is 4. The van der Waals surface area contributed by atoms with Crippen LogP contribution in [0.2, 0.25) is 0 Å². The molecule has 1 aliphatic heterocycles. The van der Waals surface area contributed by atoms with Crippen LogP contribution in [0, 0.1) is 0 Å². The van der Waals surface area contributed by atoms with Gasteiger partial charge in [0.15, 0.2) is 5.82 Å². The lowest BCUT2D eigenvalue weighted by atomic mass is 10.2. The zero-order chi connectivity index (χ0) is 15.8. The first-order chi connectivity index (χ1) is 11.2. The molecule has 0 saturated carbocycles. The predicted octanol–water partition coefficient (Wildman–Crippen LogP) is 2.51. The van der Waals surface area contributed by atoms with E-state index in [0.29, 0.717) is 36.0 Å². The highest BCUT2D eigenvalue weighted by molar-refractivity contribution is 9.10. The van der Waals surface area contributed by atoms with Crippen LogP contribution in [0.5, 0.6) is 0 Å². The van der Waals surface area contributed by atoms with E-state index in [4.69, 9.17) is 0 Å². The van der Waals surface area contributed by atoms with E-state index >= 15 is 0 Å². The number of carbonyl (C=O) groups is 1. The molecule has 0 atom stereocenters. The number of carbonyl (C=O) groups excluding carboxylic acids is 1. The van der Waals surface area contributed by atoms with Gasteiger partial charge in [0, 0.05) is 22.8 Å². The summed E-state index contributed by atoms with van der Waals surface area (Å²) in [5, 5.41) is 7.29. The molecule has 2 aromatic heterocycles. The van der Waals surface area contributed by atoms with Gasteiger partial charge in [0.25, 0.3) is 5.91 Å². The Kier molecular flexibility index (Phi) is 3.42. The quantitative estimate of drug-likeness (QED) is 0.753. The van der Waals surface area contributed by atoms with Gasteiger partial charge in [-0.05, 0) is 24.3 Å². The Balaban J connectivity index is 1.74. The highest BCUT2D eigenvalue weighted by Crippen LogP contribution is 2.22. The van der Waals surface area contributed by atoms with Crippen molar-refractivity contribution in [3.05, 3.63) is 52.8 Å². The van der Waals surface area contributed by atoms with E-state index in [1.54, 1.807) is 23.0 Å². The summed E-state index contributed by atoms with van der Waals surface area (Å²) in [4.78, 5) is 20.7. The zero-order valence-corrected chi connectivity index (χ0v) is 13.6. The minimum absolute atomic E-state index is 0.0998. The van der Waals surface area contributed by atoms with E-state index in [9.17, 15) is 4.79 Å². The van der Waals surface area contributed by atoms with Crippen LogP contribution in [-0.4, -0.2) is 32.2 Å². The Morgan fingerprint density at radius 3 is 2.74 bits per heavy atom. The van der Waals surface area contributed by atoms with E-state index in [1.165, 1.54) is 0 Å². The van der Waals surface area contributed by atoms with E-state index in [-0.39, 0.29) is 5.91 Å². The number of nitrogens with one attached hydrogen (secondary N) is 1. The maximum Gasteiger partial charge on any atom is 0.269 e. The van der Waals surface area contributed by atoms with E-state index < -0.39 is 0 Å². The van der Waals surface area contributed by atoms with Crippen LogP contribution in [0.15, 0.2) is 47.1 Å². The van der Waals surface area contributed by atoms with Crippen LogP contribution >= 0.6 is 15.9 Å². The fourth-order valence-electron chi connectivity index (χ4n) is 2.50. The van der Waals surface area contributed by atoms with Gasteiger partial charge in [0.1, 0.15) is 11.4 Å². The molecular formula is C16H12BrN5O. The van der Waals surface area contributed by atoms with E-state index in [2.05, 4.69) is 36.3 Å². The fraction of sp³-hybridized carbons (Fsp3) is 0.125. The Hall–Kier alpha value is -2.54. The van der Waals surface area contributed by atoms with Crippen molar-refractivity contribution in [1.29, 1.82) is 0 Å². The van der Waals surface area contributed by atoms with Crippen molar-refractivity contribution in [1.82, 2.24) is 25.1 Å². The summed E-state index contributed by atoms with van der Waals surface area (Å²) in [6.45, 7) is 1.27. The first kappa shape index (κ1) is 14.1. The molecule has 0 saturated heterocycles. The molecule has 0 radical (unpaired) electrons. The fourth-order valence-corrected chi connectivity index (χ4v) is 2.76. The minimum Gasteiger partial charge on any atom is -0.349 e. The summed E-state index contributed by atoms with van der Waals surface area (Å²) >= 11 is 3.42.